The van der Waals surface area contributed by atoms with E-state index in [0.717, 1.165) is 31.5 Å². The molecule has 1 N–H and O–H groups in total. The monoisotopic (exact) mass is 280 g/mol. The van der Waals surface area contributed by atoms with Crippen LogP contribution in [0.4, 0.5) is 0 Å². The third-order valence-corrected chi connectivity index (χ3v) is 4.09. The van der Waals surface area contributed by atoms with Gasteiger partial charge in [0, 0.05) is 13.1 Å². The zero-order valence-corrected chi connectivity index (χ0v) is 12.0. The second-order valence-electron chi connectivity index (χ2n) is 4.98. The van der Waals surface area contributed by atoms with Crippen LogP contribution < -0.4 is 5.32 Å². The maximum absolute atomic E-state index is 12.1. The lowest BCUT2D eigenvalue weighted by atomic mass is 10.1. The number of hydrogen-bond acceptors (Lipinski definition) is 3. The van der Waals surface area contributed by atoms with Crippen molar-refractivity contribution < 1.29 is 9.59 Å². The van der Waals surface area contributed by atoms with Gasteiger partial charge in [-0.2, -0.15) is 11.3 Å². The van der Waals surface area contributed by atoms with Gasteiger partial charge in [0.15, 0.2) is 0 Å². The van der Waals surface area contributed by atoms with Crippen molar-refractivity contribution in [3.63, 3.8) is 0 Å². The molecule has 1 fully saturated rings. The predicted molar refractivity (Wildman–Crippen MR) is 76.1 cm³/mol. The van der Waals surface area contributed by atoms with Gasteiger partial charge >= 0.3 is 0 Å². The number of amides is 2. The van der Waals surface area contributed by atoms with Gasteiger partial charge in [0.25, 0.3) is 0 Å². The van der Waals surface area contributed by atoms with Crippen LogP contribution in [-0.2, 0) is 16.0 Å². The van der Waals surface area contributed by atoms with Gasteiger partial charge < -0.3 is 10.2 Å². The summed E-state index contributed by atoms with van der Waals surface area (Å²) in [6, 6.07) is 1.51. The Balaban J connectivity index is 1.80. The van der Waals surface area contributed by atoms with Crippen LogP contribution in [0.15, 0.2) is 16.8 Å². The van der Waals surface area contributed by atoms with Crippen LogP contribution in [0.2, 0.25) is 0 Å². The van der Waals surface area contributed by atoms with E-state index >= 15 is 0 Å². The third-order valence-electron chi connectivity index (χ3n) is 3.36. The Morgan fingerprint density at radius 3 is 2.74 bits per heavy atom. The standard InChI is InChI=1S/C14H20N2O2S/c1-11(14(18)16-6-3-2-4-7-16)15-13(17)9-12-5-8-19-10-12/h5,8,10-11H,2-4,6-7,9H2,1H3,(H,15,17). The molecule has 1 saturated heterocycles. The summed E-state index contributed by atoms with van der Waals surface area (Å²) in [7, 11) is 0. The van der Waals surface area contributed by atoms with E-state index < -0.39 is 6.04 Å². The Hall–Kier alpha value is -1.36. The molecule has 0 radical (unpaired) electrons. The molecule has 1 aliphatic heterocycles. The largest absolute Gasteiger partial charge is 0.344 e. The number of nitrogens with one attached hydrogen (secondary N) is 1. The molecule has 0 aromatic carbocycles. The topological polar surface area (TPSA) is 49.4 Å². The minimum Gasteiger partial charge on any atom is -0.344 e. The first kappa shape index (κ1) is 14.1. The van der Waals surface area contributed by atoms with Crippen LogP contribution >= 0.6 is 11.3 Å². The Bertz CT molecular complexity index is 425. The average molecular weight is 280 g/mol. The number of thiophene rings is 1. The summed E-state index contributed by atoms with van der Waals surface area (Å²) in [6.07, 6.45) is 3.69. The fourth-order valence-corrected chi connectivity index (χ4v) is 2.99. The minimum absolute atomic E-state index is 0.0402. The molecule has 0 bridgehead atoms. The molecule has 0 spiro atoms. The SMILES string of the molecule is CC(NC(=O)Cc1ccsc1)C(=O)N1CCCCC1. The Morgan fingerprint density at radius 2 is 2.11 bits per heavy atom. The van der Waals surface area contributed by atoms with Crippen LogP contribution in [0.25, 0.3) is 0 Å². The van der Waals surface area contributed by atoms with Crippen LogP contribution in [0, 0.1) is 0 Å². The lowest BCUT2D eigenvalue weighted by molar-refractivity contribution is -0.136. The second kappa shape index (κ2) is 6.70. The number of rotatable bonds is 4. The van der Waals surface area contributed by atoms with Gasteiger partial charge in [0.05, 0.1) is 6.42 Å². The number of likely N-dealkylation sites (tertiary alicyclic amines) is 1. The van der Waals surface area contributed by atoms with E-state index in [2.05, 4.69) is 5.32 Å². The van der Waals surface area contributed by atoms with Gasteiger partial charge in [-0.25, -0.2) is 0 Å². The van der Waals surface area contributed by atoms with E-state index in [1.807, 2.05) is 21.7 Å². The van der Waals surface area contributed by atoms with Crippen molar-refractivity contribution in [1.82, 2.24) is 10.2 Å². The molecular weight excluding hydrogens is 260 g/mol. The first-order valence-corrected chi connectivity index (χ1v) is 7.70. The van der Waals surface area contributed by atoms with Crippen molar-refractivity contribution in [2.24, 2.45) is 0 Å². The Kier molecular flexibility index (Phi) is 4.96. The lowest BCUT2D eigenvalue weighted by Gasteiger charge is -2.29. The van der Waals surface area contributed by atoms with Crippen molar-refractivity contribution in [3.8, 4) is 0 Å². The summed E-state index contributed by atoms with van der Waals surface area (Å²) in [5.74, 6) is -0.0466. The number of hydrogen-bond donors (Lipinski definition) is 1. The minimum atomic E-state index is -0.427. The summed E-state index contributed by atoms with van der Waals surface area (Å²) < 4.78 is 0. The van der Waals surface area contributed by atoms with Crippen LogP contribution in [0.3, 0.4) is 0 Å². The molecule has 1 atom stereocenters. The molecular formula is C14H20N2O2S. The van der Waals surface area contributed by atoms with E-state index in [0.29, 0.717) is 6.42 Å². The van der Waals surface area contributed by atoms with Crippen molar-refractivity contribution >= 4 is 23.2 Å². The molecule has 0 saturated carbocycles. The molecule has 4 nitrogen and oxygen atoms in total. The molecule has 104 valence electrons. The number of piperidine rings is 1. The zero-order valence-electron chi connectivity index (χ0n) is 11.2. The van der Waals surface area contributed by atoms with Gasteiger partial charge in [-0.1, -0.05) is 0 Å². The molecule has 1 aromatic heterocycles. The summed E-state index contributed by atoms with van der Waals surface area (Å²) >= 11 is 1.57. The third kappa shape index (κ3) is 4.06. The molecule has 19 heavy (non-hydrogen) atoms. The van der Waals surface area contributed by atoms with E-state index in [1.54, 1.807) is 18.3 Å². The van der Waals surface area contributed by atoms with E-state index in [-0.39, 0.29) is 11.8 Å². The lowest BCUT2D eigenvalue weighted by Crippen LogP contribution is -2.48. The molecule has 0 aliphatic carbocycles. The summed E-state index contributed by atoms with van der Waals surface area (Å²) in [5.41, 5.74) is 1.00. The van der Waals surface area contributed by atoms with Gasteiger partial charge in [0.1, 0.15) is 6.04 Å². The molecule has 1 aromatic rings. The maximum atomic E-state index is 12.1. The zero-order chi connectivity index (χ0) is 13.7. The predicted octanol–water partition coefficient (Wildman–Crippen LogP) is 1.81. The first-order chi connectivity index (χ1) is 9.16. The molecule has 5 heteroatoms. The van der Waals surface area contributed by atoms with E-state index in [4.69, 9.17) is 0 Å². The van der Waals surface area contributed by atoms with Gasteiger partial charge in [-0.15, -0.1) is 0 Å². The molecule has 1 unspecified atom stereocenters. The highest BCUT2D eigenvalue weighted by atomic mass is 32.1. The van der Waals surface area contributed by atoms with Crippen molar-refractivity contribution in [1.29, 1.82) is 0 Å². The van der Waals surface area contributed by atoms with Gasteiger partial charge in [0.2, 0.25) is 11.8 Å². The quantitative estimate of drug-likeness (QED) is 0.914. The summed E-state index contributed by atoms with van der Waals surface area (Å²) in [5, 5.41) is 6.69. The van der Waals surface area contributed by atoms with E-state index in [9.17, 15) is 9.59 Å². The van der Waals surface area contributed by atoms with Crippen LogP contribution in [0.5, 0.6) is 0 Å². The highest BCUT2D eigenvalue weighted by molar-refractivity contribution is 7.07. The number of carbonyl (C=O) groups excluding carboxylic acids is 2. The van der Waals surface area contributed by atoms with Crippen molar-refractivity contribution in [2.45, 2.75) is 38.6 Å². The van der Waals surface area contributed by atoms with Crippen LogP contribution in [0.1, 0.15) is 31.7 Å². The first-order valence-electron chi connectivity index (χ1n) is 6.76. The van der Waals surface area contributed by atoms with Crippen molar-refractivity contribution in [2.75, 3.05) is 13.1 Å². The van der Waals surface area contributed by atoms with E-state index in [1.165, 1.54) is 6.42 Å². The highest BCUT2D eigenvalue weighted by Crippen LogP contribution is 2.10. The fourth-order valence-electron chi connectivity index (χ4n) is 2.32. The fraction of sp³-hybridized carbons (Fsp3) is 0.571. The molecule has 1 aliphatic rings. The smallest absolute Gasteiger partial charge is 0.244 e. The molecule has 2 heterocycles. The number of nitrogens with zero attached hydrogens (tertiary/aromatic N) is 1. The van der Waals surface area contributed by atoms with Gasteiger partial charge in [-0.05, 0) is 48.6 Å². The summed E-state index contributed by atoms with van der Waals surface area (Å²) in [6.45, 7) is 3.41. The molecule has 2 rings (SSSR count). The highest BCUT2D eigenvalue weighted by Gasteiger charge is 2.23. The maximum Gasteiger partial charge on any atom is 0.244 e. The second-order valence-corrected chi connectivity index (χ2v) is 5.76. The normalized spacial score (nSPS) is 17.0. The molecule has 2 amide bonds. The van der Waals surface area contributed by atoms with Crippen molar-refractivity contribution in [3.05, 3.63) is 22.4 Å². The van der Waals surface area contributed by atoms with Crippen LogP contribution in [-0.4, -0.2) is 35.8 Å². The Labute approximate surface area is 117 Å². The average Bonchev–Trinajstić information content (AvgIpc) is 2.91. The Morgan fingerprint density at radius 1 is 1.37 bits per heavy atom. The summed E-state index contributed by atoms with van der Waals surface area (Å²) in [4.78, 5) is 25.8. The number of carbonyl (C=O) groups is 2. The van der Waals surface area contributed by atoms with Gasteiger partial charge in [-0.3, -0.25) is 9.59 Å².